The van der Waals surface area contributed by atoms with Crippen molar-refractivity contribution < 1.29 is 4.79 Å². The van der Waals surface area contributed by atoms with E-state index < -0.39 is 0 Å². The second kappa shape index (κ2) is 4.24. The van der Waals surface area contributed by atoms with E-state index in [0.717, 1.165) is 12.0 Å². The van der Waals surface area contributed by atoms with Crippen LogP contribution in [0.15, 0.2) is 24.3 Å². The van der Waals surface area contributed by atoms with Crippen molar-refractivity contribution in [2.75, 3.05) is 0 Å². The van der Waals surface area contributed by atoms with E-state index in [1.165, 1.54) is 0 Å². The molecule has 0 aliphatic carbocycles. The van der Waals surface area contributed by atoms with Crippen LogP contribution in [-0.2, 0) is 4.79 Å². The summed E-state index contributed by atoms with van der Waals surface area (Å²) < 4.78 is 0. The van der Waals surface area contributed by atoms with Crippen molar-refractivity contribution in [3.05, 3.63) is 24.3 Å². The quantitative estimate of drug-likeness (QED) is 0.465. The van der Waals surface area contributed by atoms with Crippen molar-refractivity contribution in [1.29, 1.82) is 0 Å². The zero-order valence-corrected chi connectivity index (χ0v) is 8.48. The molecule has 68 valence electrons. The van der Waals surface area contributed by atoms with E-state index in [4.69, 9.17) is 0 Å². The molecule has 0 aromatic heterocycles. The van der Waals surface area contributed by atoms with Gasteiger partial charge < -0.3 is 0 Å². The summed E-state index contributed by atoms with van der Waals surface area (Å²) in [5, 5.41) is 0. The van der Waals surface area contributed by atoms with E-state index in [0.29, 0.717) is 0 Å². The summed E-state index contributed by atoms with van der Waals surface area (Å²) in [5.74, 6) is 0.166. The summed E-state index contributed by atoms with van der Waals surface area (Å²) in [5.41, 5.74) is 0.735. The maximum atomic E-state index is 11.5. The normalized spacial score (nSPS) is 12.8. The first-order chi connectivity index (χ1) is 5.41. The van der Waals surface area contributed by atoms with Crippen molar-refractivity contribution in [2.24, 2.45) is 5.41 Å². The molecule has 0 amide bonds. The molecule has 0 aromatic carbocycles. The number of hydrogen-bond donors (Lipinski definition) is 0. The Hall–Kier alpha value is -0.850. The molecule has 0 aliphatic rings. The lowest BCUT2D eigenvalue weighted by molar-refractivity contribution is -0.121. The molecule has 0 radical (unpaired) electrons. The van der Waals surface area contributed by atoms with Gasteiger partial charge in [-0.2, -0.15) is 0 Å². The third-order valence-electron chi connectivity index (χ3n) is 1.73. The van der Waals surface area contributed by atoms with Crippen LogP contribution in [0.25, 0.3) is 0 Å². The highest BCUT2D eigenvalue weighted by Gasteiger charge is 2.18. The van der Waals surface area contributed by atoms with E-state index in [1.807, 2.05) is 27.7 Å². The van der Waals surface area contributed by atoms with Crippen LogP contribution in [0.4, 0.5) is 0 Å². The zero-order chi connectivity index (χ0) is 9.78. The van der Waals surface area contributed by atoms with Crippen LogP contribution in [-0.4, -0.2) is 5.78 Å². The third kappa shape index (κ3) is 3.51. The van der Waals surface area contributed by atoms with Crippen molar-refractivity contribution in [3.63, 3.8) is 0 Å². The van der Waals surface area contributed by atoms with Gasteiger partial charge in [-0.05, 0) is 18.1 Å². The van der Waals surface area contributed by atoms with Gasteiger partial charge in [0.2, 0.25) is 0 Å². The highest BCUT2D eigenvalue weighted by atomic mass is 16.1. The number of hydrogen-bond acceptors (Lipinski definition) is 1. The van der Waals surface area contributed by atoms with E-state index in [1.54, 1.807) is 12.2 Å². The van der Waals surface area contributed by atoms with Gasteiger partial charge in [-0.3, -0.25) is 4.79 Å². The van der Waals surface area contributed by atoms with Gasteiger partial charge in [0, 0.05) is 5.41 Å². The lowest BCUT2D eigenvalue weighted by Gasteiger charge is -2.13. The molecule has 0 fully saturated rings. The highest BCUT2D eigenvalue weighted by Crippen LogP contribution is 2.17. The van der Waals surface area contributed by atoms with Gasteiger partial charge in [-0.25, -0.2) is 0 Å². The Bertz CT molecular complexity index is 204. The molecule has 0 spiro atoms. The molecule has 0 aromatic rings. The second-order valence-corrected chi connectivity index (χ2v) is 3.89. The predicted octanol–water partition coefficient (Wildman–Crippen LogP) is 3.12. The van der Waals surface area contributed by atoms with Crippen molar-refractivity contribution in [1.82, 2.24) is 0 Å². The fraction of sp³-hybridized carbons (Fsp3) is 0.545. The predicted molar refractivity (Wildman–Crippen MR) is 53.0 cm³/mol. The Morgan fingerprint density at radius 1 is 1.42 bits per heavy atom. The monoisotopic (exact) mass is 166 g/mol. The van der Waals surface area contributed by atoms with Gasteiger partial charge in [0.1, 0.15) is 0 Å². The molecule has 0 aliphatic heterocycles. The molecule has 0 rings (SSSR count). The van der Waals surface area contributed by atoms with Crippen LogP contribution >= 0.6 is 0 Å². The standard InChI is InChI=1S/C11H18O/c1-6-9(7-2)8-10(12)11(3,4)5/h6,8H,1,7H2,2-5H3/b9-8-. The smallest absolute Gasteiger partial charge is 0.161 e. The van der Waals surface area contributed by atoms with Gasteiger partial charge >= 0.3 is 0 Å². The molecule has 0 saturated carbocycles. The Morgan fingerprint density at radius 2 is 1.92 bits per heavy atom. The Morgan fingerprint density at radius 3 is 2.17 bits per heavy atom. The Kier molecular flexibility index (Phi) is 3.94. The number of rotatable bonds is 3. The summed E-state index contributed by atoms with van der Waals surface area (Å²) in [7, 11) is 0. The molecular weight excluding hydrogens is 148 g/mol. The summed E-state index contributed by atoms with van der Waals surface area (Å²) in [4.78, 5) is 11.5. The fourth-order valence-electron chi connectivity index (χ4n) is 0.690. The van der Waals surface area contributed by atoms with E-state index in [9.17, 15) is 4.79 Å². The Balaban J connectivity index is 4.53. The lowest BCUT2D eigenvalue weighted by atomic mass is 9.89. The molecule has 0 N–H and O–H groups in total. The van der Waals surface area contributed by atoms with Crippen LogP contribution < -0.4 is 0 Å². The minimum absolute atomic E-state index is 0.166. The first-order valence-electron chi connectivity index (χ1n) is 4.29. The molecule has 1 nitrogen and oxygen atoms in total. The SMILES string of the molecule is C=C/C(=C/C(=O)C(C)(C)C)CC. The molecule has 0 unspecified atom stereocenters. The maximum Gasteiger partial charge on any atom is 0.161 e. The lowest BCUT2D eigenvalue weighted by Crippen LogP contribution is -2.17. The summed E-state index contributed by atoms with van der Waals surface area (Å²) >= 11 is 0. The largest absolute Gasteiger partial charge is 0.294 e. The average Bonchev–Trinajstić information content (AvgIpc) is 1.97. The first-order valence-corrected chi connectivity index (χ1v) is 4.29. The molecule has 1 heteroatoms. The summed E-state index contributed by atoms with van der Waals surface area (Å²) in [6.45, 7) is 11.4. The van der Waals surface area contributed by atoms with E-state index >= 15 is 0 Å². The fourth-order valence-corrected chi connectivity index (χ4v) is 0.690. The van der Waals surface area contributed by atoms with Crippen LogP contribution in [0, 0.1) is 5.41 Å². The van der Waals surface area contributed by atoms with Gasteiger partial charge in [-0.15, -0.1) is 0 Å². The molecule has 12 heavy (non-hydrogen) atoms. The van der Waals surface area contributed by atoms with Crippen LogP contribution in [0.5, 0.6) is 0 Å². The van der Waals surface area contributed by atoms with Crippen LogP contribution in [0.3, 0.4) is 0 Å². The van der Waals surface area contributed by atoms with Crippen LogP contribution in [0.1, 0.15) is 34.1 Å². The summed E-state index contributed by atoms with van der Waals surface area (Å²) in [6.07, 6.45) is 4.29. The van der Waals surface area contributed by atoms with E-state index in [-0.39, 0.29) is 11.2 Å². The number of allylic oxidation sites excluding steroid dienone is 3. The minimum Gasteiger partial charge on any atom is -0.294 e. The minimum atomic E-state index is -0.274. The molecular formula is C11H18O. The highest BCUT2D eigenvalue weighted by molar-refractivity contribution is 5.94. The molecule has 0 atom stereocenters. The van der Waals surface area contributed by atoms with Gasteiger partial charge in [0.15, 0.2) is 5.78 Å². The average molecular weight is 166 g/mol. The molecule has 0 heterocycles. The van der Waals surface area contributed by atoms with Crippen molar-refractivity contribution in [3.8, 4) is 0 Å². The van der Waals surface area contributed by atoms with Crippen molar-refractivity contribution >= 4 is 5.78 Å². The first kappa shape index (κ1) is 11.2. The second-order valence-electron chi connectivity index (χ2n) is 3.89. The summed E-state index contributed by atoms with van der Waals surface area (Å²) in [6, 6.07) is 0. The van der Waals surface area contributed by atoms with Gasteiger partial charge in [-0.1, -0.05) is 40.3 Å². The maximum absolute atomic E-state index is 11.5. The van der Waals surface area contributed by atoms with Gasteiger partial charge in [0.25, 0.3) is 0 Å². The third-order valence-corrected chi connectivity index (χ3v) is 1.73. The van der Waals surface area contributed by atoms with Gasteiger partial charge in [0.05, 0.1) is 0 Å². The number of ketones is 1. The number of carbonyl (C=O) groups is 1. The number of carbonyl (C=O) groups excluding carboxylic acids is 1. The van der Waals surface area contributed by atoms with E-state index in [2.05, 4.69) is 6.58 Å². The molecule has 0 bridgehead atoms. The molecule has 0 saturated heterocycles. The Labute approximate surface area is 75.2 Å². The van der Waals surface area contributed by atoms with Crippen LogP contribution in [0.2, 0.25) is 0 Å². The van der Waals surface area contributed by atoms with Crippen molar-refractivity contribution in [2.45, 2.75) is 34.1 Å². The topological polar surface area (TPSA) is 17.1 Å². The zero-order valence-electron chi connectivity index (χ0n) is 8.48.